The Morgan fingerprint density at radius 1 is 1.30 bits per heavy atom. The molecule has 1 aromatic heterocycles. The Balaban J connectivity index is 0.00000484. The Kier molecular flexibility index (Phi) is 10.1. The van der Waals surface area contributed by atoms with Crippen LogP contribution < -0.4 is 5.32 Å². The summed E-state index contributed by atoms with van der Waals surface area (Å²) in [5, 5.41) is 10.7. The van der Waals surface area contributed by atoms with Gasteiger partial charge in [0.2, 0.25) is 11.7 Å². The first-order valence-electron chi connectivity index (χ1n) is 7.22. The van der Waals surface area contributed by atoms with Crippen LogP contribution in [0, 0.1) is 5.92 Å². The number of nitrogens with one attached hydrogen (secondary N) is 1. The Morgan fingerprint density at radius 3 is 2.48 bits per heavy atom. The number of thioether (sulfide) groups is 1. The van der Waals surface area contributed by atoms with Gasteiger partial charge in [-0.05, 0) is 26.4 Å². The molecule has 0 aromatic carbocycles. The predicted molar refractivity (Wildman–Crippen MR) is 92.2 cm³/mol. The topological polar surface area (TPSA) is 88.3 Å². The van der Waals surface area contributed by atoms with E-state index in [1.807, 2.05) is 32.8 Å². The molecule has 9 heteroatoms. The molecule has 7 nitrogen and oxygen atoms in total. The molecule has 0 saturated carbocycles. The fourth-order valence-corrected chi connectivity index (χ4v) is 2.65. The van der Waals surface area contributed by atoms with Gasteiger partial charge < -0.3 is 14.6 Å². The number of halogens is 1. The number of hydrogen-bond donors (Lipinski definition) is 1. The van der Waals surface area contributed by atoms with Crippen LogP contribution in [0.1, 0.15) is 37.9 Å². The molecule has 1 atom stereocenters. The maximum Gasteiger partial charge on any atom is 0.286 e. The van der Waals surface area contributed by atoms with Gasteiger partial charge in [0.05, 0.1) is 6.04 Å². The minimum Gasteiger partial charge on any atom is -0.408 e. The summed E-state index contributed by atoms with van der Waals surface area (Å²) in [6, 6.07) is -0.627. The number of amides is 1. The molecular formula is C14H25ClN4O3S. The lowest BCUT2D eigenvalue weighted by molar-refractivity contribution is -0.119. The molecule has 0 spiro atoms. The van der Waals surface area contributed by atoms with Gasteiger partial charge in [-0.2, -0.15) is 0 Å². The van der Waals surface area contributed by atoms with E-state index in [1.165, 1.54) is 18.7 Å². The number of carbonyl (C=O) groups excluding carboxylic acids is 2. The summed E-state index contributed by atoms with van der Waals surface area (Å²) in [5.74, 6) is 0.420. The Bertz CT molecular complexity index is 508. The summed E-state index contributed by atoms with van der Waals surface area (Å²) < 4.78 is 5.39. The van der Waals surface area contributed by atoms with Gasteiger partial charge in [0.15, 0.2) is 0 Å². The normalized spacial score (nSPS) is 12.1. The van der Waals surface area contributed by atoms with Crippen LogP contribution >= 0.6 is 24.2 Å². The second kappa shape index (κ2) is 10.6. The first kappa shape index (κ1) is 21.9. The zero-order valence-electron chi connectivity index (χ0n) is 14.2. The molecule has 0 bridgehead atoms. The first-order valence-corrected chi connectivity index (χ1v) is 8.20. The summed E-state index contributed by atoms with van der Waals surface area (Å²) in [7, 11) is 3.96. The van der Waals surface area contributed by atoms with Crippen molar-refractivity contribution < 1.29 is 14.0 Å². The molecular weight excluding hydrogens is 340 g/mol. The number of carbonyl (C=O) groups is 2. The maximum absolute atomic E-state index is 12.4. The number of aromatic nitrogens is 2. The molecule has 132 valence electrons. The second-order valence-corrected chi connectivity index (χ2v) is 6.82. The third kappa shape index (κ3) is 8.34. The number of Topliss-reactive ketones (excluding diaryl/α,β-unsaturated/α-hetero) is 1. The second-order valence-electron chi connectivity index (χ2n) is 5.77. The van der Waals surface area contributed by atoms with Crippen LogP contribution in [-0.4, -0.2) is 59.2 Å². The molecule has 0 fully saturated rings. The van der Waals surface area contributed by atoms with Crippen molar-refractivity contribution in [2.45, 2.75) is 38.5 Å². The van der Waals surface area contributed by atoms with Crippen molar-refractivity contribution in [2.75, 3.05) is 26.4 Å². The number of hydrogen-bond acceptors (Lipinski definition) is 7. The summed E-state index contributed by atoms with van der Waals surface area (Å²) >= 11 is 1.40. The van der Waals surface area contributed by atoms with Gasteiger partial charge >= 0.3 is 0 Å². The van der Waals surface area contributed by atoms with Gasteiger partial charge in [-0.3, -0.25) is 9.59 Å². The quantitative estimate of drug-likeness (QED) is 0.528. The minimum atomic E-state index is -0.627. The first-order chi connectivity index (χ1) is 10.3. The molecule has 1 amide bonds. The molecule has 0 radical (unpaired) electrons. The lowest BCUT2D eigenvalue weighted by Gasteiger charge is -2.16. The smallest absolute Gasteiger partial charge is 0.286 e. The van der Waals surface area contributed by atoms with Crippen molar-refractivity contribution in [1.29, 1.82) is 0 Å². The average Bonchev–Trinajstić information content (AvgIpc) is 2.84. The third-order valence-corrected chi connectivity index (χ3v) is 3.58. The van der Waals surface area contributed by atoms with E-state index in [-0.39, 0.29) is 35.9 Å². The Labute approximate surface area is 147 Å². The van der Waals surface area contributed by atoms with E-state index in [1.54, 1.807) is 0 Å². The van der Waals surface area contributed by atoms with E-state index in [0.717, 1.165) is 12.3 Å². The van der Waals surface area contributed by atoms with Crippen LogP contribution in [0.4, 0.5) is 0 Å². The van der Waals surface area contributed by atoms with Crippen molar-refractivity contribution in [3.05, 3.63) is 5.89 Å². The van der Waals surface area contributed by atoms with Gasteiger partial charge in [-0.25, -0.2) is 0 Å². The van der Waals surface area contributed by atoms with Crippen LogP contribution in [0.2, 0.25) is 0 Å². The van der Waals surface area contributed by atoms with Gasteiger partial charge in [-0.1, -0.05) is 25.6 Å². The number of nitrogens with zero attached hydrogens (tertiary/aromatic N) is 3. The molecule has 1 N–H and O–H groups in total. The summed E-state index contributed by atoms with van der Waals surface area (Å²) in [4.78, 5) is 25.7. The SMILES string of the molecule is CC(=O)NC(CC(C)C)C(=O)c1nnc(SCCN(C)C)o1.Cl. The van der Waals surface area contributed by atoms with Crippen LogP contribution in [0.3, 0.4) is 0 Å². The minimum absolute atomic E-state index is 0. The van der Waals surface area contributed by atoms with Crippen LogP contribution in [-0.2, 0) is 4.79 Å². The highest BCUT2D eigenvalue weighted by molar-refractivity contribution is 7.99. The van der Waals surface area contributed by atoms with Crippen molar-refractivity contribution in [2.24, 2.45) is 5.92 Å². The zero-order chi connectivity index (χ0) is 16.7. The van der Waals surface area contributed by atoms with E-state index in [9.17, 15) is 9.59 Å². The molecule has 1 heterocycles. The van der Waals surface area contributed by atoms with Crippen molar-refractivity contribution in [3.63, 3.8) is 0 Å². The Morgan fingerprint density at radius 2 is 1.96 bits per heavy atom. The van der Waals surface area contributed by atoms with E-state index in [0.29, 0.717) is 11.6 Å². The van der Waals surface area contributed by atoms with Crippen LogP contribution in [0.25, 0.3) is 0 Å². The van der Waals surface area contributed by atoms with Crippen LogP contribution in [0.15, 0.2) is 9.64 Å². The standard InChI is InChI=1S/C14H24N4O3S.ClH/c1-9(2)8-11(15-10(3)19)12(20)13-16-17-14(21-13)22-7-6-18(4)5;/h9,11H,6-8H2,1-5H3,(H,15,19);1H. The van der Waals surface area contributed by atoms with Crippen LogP contribution in [0.5, 0.6) is 0 Å². The highest BCUT2D eigenvalue weighted by Gasteiger charge is 2.26. The monoisotopic (exact) mass is 364 g/mol. The summed E-state index contributed by atoms with van der Waals surface area (Å²) in [6.07, 6.45) is 0.532. The molecule has 0 saturated heterocycles. The molecule has 0 aliphatic rings. The van der Waals surface area contributed by atoms with Gasteiger partial charge in [0.1, 0.15) is 0 Å². The molecule has 23 heavy (non-hydrogen) atoms. The largest absolute Gasteiger partial charge is 0.408 e. The highest BCUT2D eigenvalue weighted by Crippen LogP contribution is 2.18. The molecule has 0 aliphatic carbocycles. The van der Waals surface area contributed by atoms with Crippen molar-refractivity contribution >= 4 is 35.9 Å². The fourth-order valence-electron chi connectivity index (χ4n) is 1.78. The lowest BCUT2D eigenvalue weighted by atomic mass is 10.00. The van der Waals surface area contributed by atoms with E-state index in [4.69, 9.17) is 4.42 Å². The Hall–Kier alpha value is -1.12. The van der Waals surface area contributed by atoms with E-state index in [2.05, 4.69) is 15.5 Å². The van der Waals surface area contributed by atoms with Gasteiger partial charge in [-0.15, -0.1) is 22.6 Å². The third-order valence-electron chi connectivity index (χ3n) is 2.78. The summed E-state index contributed by atoms with van der Waals surface area (Å²) in [5.41, 5.74) is 0. The molecule has 1 unspecified atom stereocenters. The van der Waals surface area contributed by atoms with E-state index >= 15 is 0 Å². The predicted octanol–water partition coefficient (Wildman–Crippen LogP) is 1.88. The van der Waals surface area contributed by atoms with Crippen molar-refractivity contribution in [1.82, 2.24) is 20.4 Å². The molecule has 1 aromatic rings. The number of ketones is 1. The lowest BCUT2D eigenvalue weighted by Crippen LogP contribution is -2.40. The fraction of sp³-hybridized carbons (Fsp3) is 0.714. The van der Waals surface area contributed by atoms with E-state index < -0.39 is 6.04 Å². The molecule has 1 rings (SSSR count). The van der Waals surface area contributed by atoms with Gasteiger partial charge in [0, 0.05) is 19.2 Å². The zero-order valence-corrected chi connectivity index (χ0v) is 15.8. The maximum atomic E-state index is 12.4. The highest BCUT2D eigenvalue weighted by atomic mass is 35.5. The van der Waals surface area contributed by atoms with Gasteiger partial charge in [0.25, 0.3) is 11.1 Å². The number of rotatable bonds is 9. The molecule has 0 aliphatic heterocycles. The summed E-state index contributed by atoms with van der Waals surface area (Å²) in [6.45, 7) is 6.23. The average molecular weight is 365 g/mol. The van der Waals surface area contributed by atoms with Crippen molar-refractivity contribution in [3.8, 4) is 0 Å².